The van der Waals surface area contributed by atoms with Crippen molar-refractivity contribution in [3.63, 3.8) is 0 Å². The second-order valence-corrected chi connectivity index (χ2v) is 9.32. The highest BCUT2D eigenvalue weighted by atomic mass is 35.5. The van der Waals surface area contributed by atoms with E-state index in [1.54, 1.807) is 25.3 Å². The predicted octanol–water partition coefficient (Wildman–Crippen LogP) is 5.62. The fourth-order valence-corrected chi connectivity index (χ4v) is 4.88. The lowest BCUT2D eigenvalue weighted by Crippen LogP contribution is -2.35. The minimum atomic E-state index is -0.500. The average molecular weight is 543 g/mol. The maximum absolute atomic E-state index is 12.7. The summed E-state index contributed by atoms with van der Waals surface area (Å²) in [5, 5.41) is 15.9. The average Bonchev–Trinajstić information content (AvgIpc) is 3.28. The minimum absolute atomic E-state index is 0.0310. The van der Waals surface area contributed by atoms with Gasteiger partial charge in [-0.25, -0.2) is 0 Å². The van der Waals surface area contributed by atoms with Crippen molar-refractivity contribution in [1.29, 1.82) is 5.41 Å². The van der Waals surface area contributed by atoms with Gasteiger partial charge in [0, 0.05) is 0 Å². The number of amides is 1. The molecule has 37 heavy (non-hydrogen) atoms. The lowest BCUT2D eigenvalue weighted by Gasteiger charge is -2.20. The van der Waals surface area contributed by atoms with Gasteiger partial charge in [-0.05, 0) is 67.4 Å². The molecule has 0 radical (unpaired) electrons. The molecule has 2 aliphatic rings. The van der Waals surface area contributed by atoms with Crippen LogP contribution in [0.4, 0.5) is 0 Å². The minimum Gasteiger partial charge on any atom is -0.493 e. The first-order valence-corrected chi connectivity index (χ1v) is 13.0. The first-order chi connectivity index (χ1) is 17.9. The summed E-state index contributed by atoms with van der Waals surface area (Å²) in [6, 6.07) is 10.7. The van der Waals surface area contributed by atoms with E-state index in [0.29, 0.717) is 45.4 Å². The molecule has 0 unspecified atom stereocenters. The second kappa shape index (κ2) is 12.2. The number of methoxy groups -OCH3 is 1. The number of benzene rings is 2. The number of para-hydroxylation sites is 2. The van der Waals surface area contributed by atoms with Crippen molar-refractivity contribution in [2.24, 2.45) is 10.1 Å². The van der Waals surface area contributed by atoms with Gasteiger partial charge >= 0.3 is 0 Å². The maximum atomic E-state index is 12.7. The van der Waals surface area contributed by atoms with Gasteiger partial charge in [-0.2, -0.15) is 15.1 Å². The van der Waals surface area contributed by atoms with Crippen LogP contribution in [0.25, 0.3) is 6.08 Å². The zero-order valence-electron chi connectivity index (χ0n) is 20.7. The molecule has 0 aliphatic carbocycles. The highest BCUT2D eigenvalue weighted by Crippen LogP contribution is 2.38. The number of amidine groups is 2. The molecular formula is C26H27ClN4O5S. The van der Waals surface area contributed by atoms with Crippen LogP contribution >= 0.6 is 23.4 Å². The molecule has 11 heteroatoms. The molecule has 4 rings (SSSR count). The number of hydrogen-bond donors (Lipinski definition) is 1. The van der Waals surface area contributed by atoms with Gasteiger partial charge in [-0.1, -0.05) is 30.7 Å². The number of carbonyl (C=O) groups is 1. The van der Waals surface area contributed by atoms with E-state index >= 15 is 0 Å². The van der Waals surface area contributed by atoms with E-state index in [0.717, 1.165) is 17.9 Å². The number of aliphatic imine (C=N–C) groups is 1. The molecule has 0 saturated heterocycles. The molecule has 194 valence electrons. The SMILES string of the molecule is CCCC1=NN2C(=N)/C(=C\c3cc(Cl)c(OCCOc4ccccc4OC)c(OCC)c3)C(=O)N=C2S1. The number of ether oxygens (including phenoxy) is 4. The van der Waals surface area contributed by atoms with Crippen LogP contribution in [-0.2, 0) is 4.79 Å². The van der Waals surface area contributed by atoms with E-state index in [4.69, 9.17) is 36.0 Å². The van der Waals surface area contributed by atoms with Gasteiger partial charge in [0.2, 0.25) is 5.17 Å². The normalized spacial score (nSPS) is 15.9. The summed E-state index contributed by atoms with van der Waals surface area (Å²) in [5.74, 6) is 1.49. The zero-order valence-corrected chi connectivity index (χ0v) is 22.3. The Balaban J connectivity index is 1.51. The van der Waals surface area contributed by atoms with E-state index in [1.807, 2.05) is 38.1 Å². The van der Waals surface area contributed by atoms with Crippen molar-refractivity contribution < 1.29 is 23.7 Å². The van der Waals surface area contributed by atoms with Crippen LogP contribution in [-0.4, -0.2) is 53.9 Å². The number of nitrogens with one attached hydrogen (secondary N) is 1. The Morgan fingerprint density at radius 3 is 2.57 bits per heavy atom. The number of carbonyl (C=O) groups excluding carboxylic acids is 1. The van der Waals surface area contributed by atoms with Gasteiger partial charge in [-0.15, -0.1) is 0 Å². The topological polar surface area (TPSA) is 106 Å². The van der Waals surface area contributed by atoms with Crippen molar-refractivity contribution in [2.45, 2.75) is 26.7 Å². The van der Waals surface area contributed by atoms with Gasteiger partial charge < -0.3 is 18.9 Å². The first-order valence-electron chi connectivity index (χ1n) is 11.8. The summed E-state index contributed by atoms with van der Waals surface area (Å²) in [7, 11) is 1.58. The van der Waals surface area contributed by atoms with Gasteiger partial charge in [0.25, 0.3) is 5.91 Å². The van der Waals surface area contributed by atoms with Crippen molar-refractivity contribution in [2.75, 3.05) is 26.9 Å². The third-order valence-electron chi connectivity index (χ3n) is 5.26. The van der Waals surface area contributed by atoms with Gasteiger partial charge in [0.15, 0.2) is 28.8 Å². The van der Waals surface area contributed by atoms with Crippen LogP contribution < -0.4 is 18.9 Å². The van der Waals surface area contributed by atoms with Crippen LogP contribution in [0, 0.1) is 5.41 Å². The molecule has 1 N–H and O–H groups in total. The van der Waals surface area contributed by atoms with E-state index in [2.05, 4.69) is 10.1 Å². The van der Waals surface area contributed by atoms with Crippen LogP contribution in [0.15, 0.2) is 52.1 Å². The van der Waals surface area contributed by atoms with E-state index in [-0.39, 0.29) is 24.6 Å². The summed E-state index contributed by atoms with van der Waals surface area (Å²) >= 11 is 7.87. The fourth-order valence-electron chi connectivity index (χ4n) is 3.62. The molecule has 0 atom stereocenters. The summed E-state index contributed by atoms with van der Waals surface area (Å²) in [6.07, 6.45) is 3.24. The monoisotopic (exact) mass is 542 g/mol. The van der Waals surface area contributed by atoms with Crippen molar-refractivity contribution in [3.05, 3.63) is 52.6 Å². The van der Waals surface area contributed by atoms with Crippen molar-refractivity contribution in [1.82, 2.24) is 5.01 Å². The van der Waals surface area contributed by atoms with Crippen LogP contribution in [0.2, 0.25) is 5.02 Å². The molecule has 2 aliphatic heterocycles. The molecule has 2 aromatic carbocycles. The lowest BCUT2D eigenvalue weighted by atomic mass is 10.1. The molecular weight excluding hydrogens is 516 g/mol. The Labute approximate surface area is 224 Å². The van der Waals surface area contributed by atoms with Gasteiger partial charge in [0.1, 0.15) is 18.3 Å². The number of fused-ring (bicyclic) bond motifs is 1. The number of thioether (sulfide) groups is 1. The molecule has 9 nitrogen and oxygen atoms in total. The Morgan fingerprint density at radius 2 is 1.84 bits per heavy atom. The largest absolute Gasteiger partial charge is 0.493 e. The summed E-state index contributed by atoms with van der Waals surface area (Å²) in [6.45, 7) is 4.75. The Bertz CT molecular complexity index is 1290. The Hall–Kier alpha value is -3.50. The maximum Gasteiger partial charge on any atom is 0.283 e. The molecule has 0 fully saturated rings. The molecule has 0 spiro atoms. The molecule has 0 bridgehead atoms. The second-order valence-electron chi connectivity index (χ2n) is 7.87. The highest BCUT2D eigenvalue weighted by molar-refractivity contribution is 8.26. The standard InChI is InChI=1S/C26H27ClN4O5S/c1-4-8-22-30-31-24(28)17(25(32)29-26(31)37-22)13-16-14-18(27)23(21(15-16)34-5-2)36-12-11-35-20-10-7-6-9-19(20)33-3/h6-7,9-10,13-15,28H,4-5,8,11-12H2,1-3H3/b17-13+,28-24?. The number of rotatable bonds is 11. The number of nitrogens with zero attached hydrogens (tertiary/aromatic N) is 3. The third-order valence-corrected chi connectivity index (χ3v) is 6.51. The number of halogens is 1. The summed E-state index contributed by atoms with van der Waals surface area (Å²) in [5.41, 5.74) is 0.686. The van der Waals surface area contributed by atoms with E-state index < -0.39 is 5.91 Å². The molecule has 1 amide bonds. The van der Waals surface area contributed by atoms with E-state index in [1.165, 1.54) is 16.8 Å². The lowest BCUT2D eigenvalue weighted by molar-refractivity contribution is -0.114. The molecule has 0 aromatic heterocycles. The summed E-state index contributed by atoms with van der Waals surface area (Å²) < 4.78 is 22.7. The fraction of sp³-hybridized carbons (Fsp3) is 0.308. The van der Waals surface area contributed by atoms with Crippen molar-refractivity contribution >= 4 is 51.4 Å². The smallest absolute Gasteiger partial charge is 0.283 e. The molecule has 2 heterocycles. The molecule has 2 aromatic rings. The van der Waals surface area contributed by atoms with Crippen LogP contribution in [0.5, 0.6) is 23.0 Å². The highest BCUT2D eigenvalue weighted by Gasteiger charge is 2.35. The van der Waals surface area contributed by atoms with Crippen LogP contribution in [0.1, 0.15) is 32.3 Å². The third kappa shape index (κ3) is 6.08. The zero-order chi connectivity index (χ0) is 26.4. The first kappa shape index (κ1) is 26.6. The number of hydrazone groups is 1. The predicted molar refractivity (Wildman–Crippen MR) is 147 cm³/mol. The van der Waals surface area contributed by atoms with Crippen molar-refractivity contribution in [3.8, 4) is 23.0 Å². The summed E-state index contributed by atoms with van der Waals surface area (Å²) in [4.78, 5) is 16.8. The van der Waals surface area contributed by atoms with E-state index in [9.17, 15) is 4.79 Å². The van der Waals surface area contributed by atoms with Gasteiger partial charge in [-0.3, -0.25) is 10.2 Å². The Morgan fingerprint density at radius 1 is 1.08 bits per heavy atom. The van der Waals surface area contributed by atoms with Gasteiger partial charge in [0.05, 0.1) is 24.3 Å². The number of hydrogen-bond acceptors (Lipinski definition) is 8. The quantitative estimate of drug-likeness (QED) is 0.290. The van der Waals surface area contributed by atoms with Crippen LogP contribution in [0.3, 0.4) is 0 Å². The Kier molecular flexibility index (Phi) is 8.73. The molecule has 0 saturated carbocycles.